The van der Waals surface area contributed by atoms with Crippen LogP contribution >= 0.6 is 0 Å². The quantitative estimate of drug-likeness (QED) is 0.744. The number of nitrogen functional groups attached to an aromatic ring is 1. The third-order valence-electron chi connectivity index (χ3n) is 2.04. The lowest BCUT2D eigenvalue weighted by molar-refractivity contribution is 0.0906. The predicted molar refractivity (Wildman–Crippen MR) is 52.3 cm³/mol. The number of nitrogens with two attached hydrogens (primary N) is 1. The monoisotopic (exact) mass is 206 g/mol. The van der Waals surface area contributed by atoms with Crippen molar-refractivity contribution in [2.75, 3.05) is 5.73 Å². The van der Waals surface area contributed by atoms with E-state index in [0.717, 1.165) is 0 Å². The summed E-state index contributed by atoms with van der Waals surface area (Å²) < 4.78 is 6.27. The number of anilines is 1. The average Bonchev–Trinajstić information content (AvgIpc) is 2.75. The van der Waals surface area contributed by atoms with Crippen LogP contribution in [0.25, 0.3) is 0 Å². The Bertz CT molecular complexity index is 512. The van der Waals surface area contributed by atoms with Gasteiger partial charge in [0.05, 0.1) is 23.8 Å². The van der Waals surface area contributed by atoms with Crippen LogP contribution < -0.4 is 5.73 Å². The number of hydrogen-bond donors (Lipinski definition) is 1. The molecule has 0 bridgehead atoms. The molecule has 2 heterocycles. The maximum Gasteiger partial charge on any atom is 0.334 e. The fourth-order valence-electron chi connectivity index (χ4n) is 1.17. The molecule has 0 amide bonds. The summed E-state index contributed by atoms with van der Waals surface area (Å²) in [5.74, 6) is 0.173. The molecule has 0 aliphatic rings. The molecule has 0 aromatic carbocycles. The first-order valence-electron chi connectivity index (χ1n) is 4.37. The number of carbonyl (C=O) groups is 1. The summed E-state index contributed by atoms with van der Waals surface area (Å²) in [6.45, 7) is 3.42. The Morgan fingerprint density at radius 2 is 2.20 bits per heavy atom. The third-order valence-corrected chi connectivity index (χ3v) is 2.04. The van der Waals surface area contributed by atoms with Crippen molar-refractivity contribution in [3.63, 3.8) is 0 Å². The molecule has 15 heavy (non-hydrogen) atoms. The van der Waals surface area contributed by atoms with Crippen molar-refractivity contribution in [2.24, 2.45) is 0 Å². The molecule has 0 aliphatic heterocycles. The molecule has 78 valence electrons. The van der Waals surface area contributed by atoms with Gasteiger partial charge >= 0.3 is 5.91 Å². The van der Waals surface area contributed by atoms with Gasteiger partial charge in [-0.2, -0.15) is 9.78 Å². The molecule has 0 saturated carbocycles. The molecule has 0 spiro atoms. The smallest absolute Gasteiger partial charge is 0.334 e. The van der Waals surface area contributed by atoms with E-state index < -0.39 is 5.91 Å². The van der Waals surface area contributed by atoms with Crippen LogP contribution in [0.4, 0.5) is 5.69 Å². The molecule has 2 rings (SSSR count). The van der Waals surface area contributed by atoms with Gasteiger partial charge in [-0.15, -0.1) is 0 Å². The summed E-state index contributed by atoms with van der Waals surface area (Å²) in [5, 5.41) is 3.84. The number of hydrogen-bond acceptors (Lipinski definition) is 5. The molecule has 0 aliphatic carbocycles. The van der Waals surface area contributed by atoms with Crippen molar-refractivity contribution in [1.82, 2.24) is 14.8 Å². The van der Waals surface area contributed by atoms with Crippen molar-refractivity contribution in [2.45, 2.75) is 13.8 Å². The van der Waals surface area contributed by atoms with Crippen LogP contribution in [0.1, 0.15) is 22.1 Å². The van der Waals surface area contributed by atoms with Crippen molar-refractivity contribution in [1.29, 1.82) is 0 Å². The van der Waals surface area contributed by atoms with Crippen LogP contribution in [0.3, 0.4) is 0 Å². The molecule has 2 N–H and O–H groups in total. The number of nitrogens with zero attached hydrogens (tertiary/aromatic N) is 3. The Labute approximate surface area is 85.7 Å². The van der Waals surface area contributed by atoms with Gasteiger partial charge in [-0.1, -0.05) is 0 Å². The molecule has 0 atom stereocenters. The molecule has 2 aromatic heterocycles. The van der Waals surface area contributed by atoms with Gasteiger partial charge < -0.3 is 10.2 Å². The van der Waals surface area contributed by atoms with Crippen LogP contribution in [0.5, 0.6) is 0 Å². The molecule has 0 unspecified atom stereocenters. The zero-order valence-electron chi connectivity index (χ0n) is 8.39. The molecule has 2 aromatic rings. The minimum absolute atomic E-state index is 0.0127. The van der Waals surface area contributed by atoms with Gasteiger partial charge in [-0.3, -0.25) is 4.79 Å². The number of oxazole rings is 1. The van der Waals surface area contributed by atoms with E-state index in [9.17, 15) is 4.79 Å². The van der Waals surface area contributed by atoms with Gasteiger partial charge in [0.25, 0.3) is 5.89 Å². The summed E-state index contributed by atoms with van der Waals surface area (Å²) >= 11 is 0. The van der Waals surface area contributed by atoms with Crippen molar-refractivity contribution in [3.05, 3.63) is 29.7 Å². The van der Waals surface area contributed by atoms with E-state index in [1.807, 2.05) is 0 Å². The number of aromatic nitrogens is 3. The Morgan fingerprint density at radius 3 is 2.67 bits per heavy atom. The molecule has 0 saturated heterocycles. The minimum Gasteiger partial charge on any atom is -0.438 e. The van der Waals surface area contributed by atoms with Crippen molar-refractivity contribution in [3.8, 4) is 0 Å². The summed E-state index contributed by atoms with van der Waals surface area (Å²) in [7, 11) is 0. The van der Waals surface area contributed by atoms with Gasteiger partial charge in [0.1, 0.15) is 5.76 Å². The summed E-state index contributed by atoms with van der Waals surface area (Å²) in [4.78, 5) is 15.6. The van der Waals surface area contributed by atoms with Gasteiger partial charge in [0, 0.05) is 0 Å². The standard InChI is InChI=1S/C9H10N4O2/c1-5-3-11-8(15-5)9(14)13-6(2)7(10)4-12-13/h3-4H,10H2,1-2H3. The highest BCUT2D eigenvalue weighted by molar-refractivity contribution is 5.91. The van der Waals surface area contributed by atoms with Crippen molar-refractivity contribution < 1.29 is 9.21 Å². The molecule has 6 heteroatoms. The number of aryl methyl sites for hydroxylation is 1. The highest BCUT2D eigenvalue weighted by Crippen LogP contribution is 2.11. The number of rotatable bonds is 1. The highest BCUT2D eigenvalue weighted by atomic mass is 16.4. The zero-order valence-corrected chi connectivity index (χ0v) is 8.39. The van der Waals surface area contributed by atoms with Crippen LogP contribution in [0.15, 0.2) is 16.8 Å². The molecular formula is C9H10N4O2. The maximum atomic E-state index is 11.8. The fourth-order valence-corrected chi connectivity index (χ4v) is 1.17. The Kier molecular flexibility index (Phi) is 2.03. The maximum absolute atomic E-state index is 11.8. The Morgan fingerprint density at radius 1 is 1.47 bits per heavy atom. The summed E-state index contributed by atoms with van der Waals surface area (Å²) in [6.07, 6.45) is 2.90. The first kappa shape index (κ1) is 9.45. The molecule has 0 radical (unpaired) electrons. The lowest BCUT2D eigenvalue weighted by atomic mass is 10.4. The van der Waals surface area contributed by atoms with E-state index in [0.29, 0.717) is 17.1 Å². The average molecular weight is 206 g/mol. The summed E-state index contributed by atoms with van der Waals surface area (Å²) in [6, 6.07) is 0. The van der Waals surface area contributed by atoms with Gasteiger partial charge in [-0.05, 0) is 13.8 Å². The summed E-state index contributed by atoms with van der Waals surface area (Å²) in [5.41, 5.74) is 6.62. The number of carbonyl (C=O) groups excluding carboxylic acids is 1. The van der Waals surface area contributed by atoms with E-state index in [2.05, 4.69) is 10.1 Å². The fraction of sp³-hybridized carbons (Fsp3) is 0.222. The minimum atomic E-state index is -0.419. The van der Waals surface area contributed by atoms with E-state index in [1.165, 1.54) is 17.1 Å². The van der Waals surface area contributed by atoms with E-state index in [-0.39, 0.29) is 5.89 Å². The molecular weight excluding hydrogens is 196 g/mol. The molecule has 0 fully saturated rings. The van der Waals surface area contributed by atoms with E-state index >= 15 is 0 Å². The lowest BCUT2D eigenvalue weighted by Gasteiger charge is -1.98. The largest absolute Gasteiger partial charge is 0.438 e. The van der Waals surface area contributed by atoms with Crippen LogP contribution in [0, 0.1) is 13.8 Å². The Hall–Kier alpha value is -2.11. The van der Waals surface area contributed by atoms with Crippen LogP contribution in [0.2, 0.25) is 0 Å². The van der Waals surface area contributed by atoms with Crippen LogP contribution in [-0.2, 0) is 0 Å². The lowest BCUT2D eigenvalue weighted by Crippen LogP contribution is -2.15. The second kappa shape index (κ2) is 3.23. The Balaban J connectivity index is 2.41. The van der Waals surface area contributed by atoms with Crippen molar-refractivity contribution >= 4 is 11.6 Å². The first-order valence-corrected chi connectivity index (χ1v) is 4.37. The van der Waals surface area contributed by atoms with E-state index in [4.69, 9.17) is 10.2 Å². The zero-order chi connectivity index (χ0) is 11.0. The second-order valence-corrected chi connectivity index (χ2v) is 3.18. The topological polar surface area (TPSA) is 86.9 Å². The van der Waals surface area contributed by atoms with E-state index in [1.54, 1.807) is 13.8 Å². The third kappa shape index (κ3) is 1.50. The second-order valence-electron chi connectivity index (χ2n) is 3.18. The predicted octanol–water partition coefficient (Wildman–Crippen LogP) is 0.759. The normalized spacial score (nSPS) is 10.5. The first-order chi connectivity index (χ1) is 7.09. The molecule has 6 nitrogen and oxygen atoms in total. The SMILES string of the molecule is Cc1cnc(C(=O)n2ncc(N)c2C)o1. The van der Waals surface area contributed by atoms with Crippen LogP contribution in [-0.4, -0.2) is 20.7 Å². The van der Waals surface area contributed by atoms with Gasteiger partial charge in [0.2, 0.25) is 0 Å². The highest BCUT2D eigenvalue weighted by Gasteiger charge is 2.18. The van der Waals surface area contributed by atoms with Gasteiger partial charge in [0.15, 0.2) is 0 Å². The van der Waals surface area contributed by atoms with Gasteiger partial charge in [-0.25, -0.2) is 4.98 Å².